The number of carbonyl (C=O) groups is 1. The molecule has 4 nitrogen and oxygen atoms in total. The number of benzene rings is 2. The number of rotatable bonds is 6. The zero-order valence-corrected chi connectivity index (χ0v) is 15.7. The van der Waals surface area contributed by atoms with Gasteiger partial charge < -0.3 is 14.8 Å². The molecular formula is C21H27NO3. The first-order chi connectivity index (χ1) is 11.9. The van der Waals surface area contributed by atoms with Crippen LogP contribution >= 0.6 is 0 Å². The van der Waals surface area contributed by atoms with E-state index in [1.807, 2.05) is 44.2 Å². The van der Waals surface area contributed by atoms with Crippen molar-refractivity contribution in [3.63, 3.8) is 0 Å². The fourth-order valence-electron chi connectivity index (χ4n) is 2.58. The van der Waals surface area contributed by atoms with Gasteiger partial charge in [0.05, 0.1) is 18.9 Å². The molecule has 0 bridgehead atoms. The lowest BCUT2D eigenvalue weighted by Crippen LogP contribution is -2.17. The lowest BCUT2D eigenvalue weighted by atomic mass is 9.86. The molecule has 0 aromatic heterocycles. The van der Waals surface area contributed by atoms with E-state index in [-0.39, 0.29) is 11.3 Å². The van der Waals surface area contributed by atoms with Crippen LogP contribution in [0.25, 0.3) is 0 Å². The second-order valence-corrected chi connectivity index (χ2v) is 6.78. The van der Waals surface area contributed by atoms with Crippen molar-refractivity contribution in [2.45, 2.75) is 40.0 Å². The molecule has 0 atom stereocenters. The van der Waals surface area contributed by atoms with E-state index in [1.54, 1.807) is 12.1 Å². The molecule has 2 aromatic rings. The van der Waals surface area contributed by atoms with Gasteiger partial charge >= 0.3 is 0 Å². The van der Waals surface area contributed by atoms with Gasteiger partial charge in [0.1, 0.15) is 11.5 Å². The summed E-state index contributed by atoms with van der Waals surface area (Å²) in [5.41, 5.74) is 2.17. The Bertz CT molecular complexity index is 718. The minimum atomic E-state index is -0.174. The van der Waals surface area contributed by atoms with Gasteiger partial charge in [-0.3, -0.25) is 4.79 Å². The molecule has 0 heterocycles. The molecule has 25 heavy (non-hydrogen) atoms. The van der Waals surface area contributed by atoms with E-state index in [2.05, 4.69) is 26.1 Å². The van der Waals surface area contributed by atoms with Gasteiger partial charge in [-0.05, 0) is 37.5 Å². The Labute approximate surface area is 150 Å². The van der Waals surface area contributed by atoms with Crippen LogP contribution in [-0.4, -0.2) is 19.1 Å². The molecular weight excluding hydrogens is 314 g/mol. The molecule has 0 saturated carbocycles. The highest BCUT2D eigenvalue weighted by atomic mass is 16.5. The molecule has 0 saturated heterocycles. The minimum Gasteiger partial charge on any atom is -0.493 e. The second kappa shape index (κ2) is 8.06. The molecule has 0 spiro atoms. The maximum atomic E-state index is 12.5. The van der Waals surface area contributed by atoms with Crippen molar-refractivity contribution in [3.8, 4) is 11.5 Å². The maximum absolute atomic E-state index is 12.5. The number of hydrogen-bond donors (Lipinski definition) is 1. The number of nitrogens with one attached hydrogen (secondary N) is 1. The quantitative estimate of drug-likeness (QED) is 0.801. The second-order valence-electron chi connectivity index (χ2n) is 6.78. The number of carbonyl (C=O) groups excluding carboxylic acids is 1. The van der Waals surface area contributed by atoms with E-state index in [0.29, 0.717) is 30.2 Å². The highest BCUT2D eigenvalue weighted by Gasteiger charge is 2.23. The Morgan fingerprint density at radius 1 is 0.960 bits per heavy atom. The largest absolute Gasteiger partial charge is 0.493 e. The highest BCUT2D eigenvalue weighted by Crippen LogP contribution is 2.39. The first-order valence-electron chi connectivity index (χ1n) is 8.67. The zero-order chi connectivity index (χ0) is 18.4. The predicted molar refractivity (Wildman–Crippen MR) is 102 cm³/mol. The van der Waals surface area contributed by atoms with Crippen LogP contribution in [0.15, 0.2) is 42.5 Å². The van der Waals surface area contributed by atoms with E-state index < -0.39 is 0 Å². The van der Waals surface area contributed by atoms with E-state index in [9.17, 15) is 4.79 Å². The van der Waals surface area contributed by atoms with Crippen molar-refractivity contribution in [2.75, 3.05) is 18.5 Å². The van der Waals surface area contributed by atoms with Gasteiger partial charge in [-0.25, -0.2) is 0 Å². The van der Waals surface area contributed by atoms with Gasteiger partial charge in [0.2, 0.25) is 0 Å². The zero-order valence-electron chi connectivity index (χ0n) is 15.7. The fraction of sp³-hybridized carbons (Fsp3) is 0.381. The maximum Gasteiger partial charge on any atom is 0.255 e. The van der Waals surface area contributed by atoms with E-state index in [1.165, 1.54) is 0 Å². The van der Waals surface area contributed by atoms with Crippen molar-refractivity contribution in [1.29, 1.82) is 0 Å². The third-order valence-electron chi connectivity index (χ3n) is 3.77. The molecule has 0 aliphatic carbocycles. The topological polar surface area (TPSA) is 47.6 Å². The van der Waals surface area contributed by atoms with E-state index in [4.69, 9.17) is 9.47 Å². The predicted octanol–water partition coefficient (Wildman–Crippen LogP) is 5.03. The Morgan fingerprint density at radius 2 is 1.56 bits per heavy atom. The van der Waals surface area contributed by atoms with Crippen molar-refractivity contribution in [3.05, 3.63) is 53.6 Å². The number of hydrogen-bond acceptors (Lipinski definition) is 3. The van der Waals surface area contributed by atoms with Gasteiger partial charge in [0.25, 0.3) is 5.91 Å². The summed E-state index contributed by atoms with van der Waals surface area (Å²) in [6, 6.07) is 12.9. The third-order valence-corrected chi connectivity index (χ3v) is 3.77. The average molecular weight is 341 g/mol. The summed E-state index contributed by atoms with van der Waals surface area (Å²) in [7, 11) is 0. The summed E-state index contributed by atoms with van der Waals surface area (Å²) >= 11 is 0. The molecule has 0 unspecified atom stereocenters. The van der Waals surface area contributed by atoms with Crippen molar-refractivity contribution < 1.29 is 14.3 Å². The summed E-state index contributed by atoms with van der Waals surface area (Å²) in [5, 5.41) is 2.95. The standard InChI is InChI=1S/C21H27NO3/c1-6-24-18-14-17(22-20(23)15-11-9-8-10-12-15)19(25-7-2)13-16(18)21(3,4)5/h8-14H,6-7H2,1-5H3,(H,22,23). The molecule has 4 heteroatoms. The van der Waals surface area contributed by atoms with Crippen LogP contribution < -0.4 is 14.8 Å². The van der Waals surface area contributed by atoms with Crippen LogP contribution in [0.3, 0.4) is 0 Å². The Balaban J connectivity index is 2.44. The van der Waals surface area contributed by atoms with Gasteiger partial charge in [0, 0.05) is 17.2 Å². The van der Waals surface area contributed by atoms with Gasteiger partial charge in [-0.1, -0.05) is 39.0 Å². The van der Waals surface area contributed by atoms with Crippen molar-refractivity contribution >= 4 is 11.6 Å². The Kier molecular flexibility index (Phi) is 6.07. The van der Waals surface area contributed by atoms with E-state index >= 15 is 0 Å². The normalized spacial score (nSPS) is 11.1. The van der Waals surface area contributed by atoms with Gasteiger partial charge in [-0.15, -0.1) is 0 Å². The van der Waals surface area contributed by atoms with E-state index in [0.717, 1.165) is 11.3 Å². The number of ether oxygens (including phenoxy) is 2. The monoisotopic (exact) mass is 341 g/mol. The van der Waals surface area contributed by atoms with Crippen LogP contribution in [-0.2, 0) is 5.41 Å². The molecule has 1 amide bonds. The first-order valence-corrected chi connectivity index (χ1v) is 8.67. The summed E-state index contributed by atoms with van der Waals surface area (Å²) < 4.78 is 11.6. The smallest absolute Gasteiger partial charge is 0.255 e. The summed E-state index contributed by atoms with van der Waals surface area (Å²) in [6.07, 6.45) is 0. The summed E-state index contributed by atoms with van der Waals surface area (Å²) in [6.45, 7) is 11.3. The minimum absolute atomic E-state index is 0.0989. The van der Waals surface area contributed by atoms with Crippen LogP contribution in [0.4, 0.5) is 5.69 Å². The molecule has 2 aromatic carbocycles. The van der Waals surface area contributed by atoms with Crippen LogP contribution in [0.5, 0.6) is 11.5 Å². The molecule has 1 N–H and O–H groups in total. The molecule has 0 fully saturated rings. The average Bonchev–Trinajstić information content (AvgIpc) is 2.57. The molecule has 0 aliphatic rings. The summed E-state index contributed by atoms with van der Waals surface area (Å²) in [4.78, 5) is 12.5. The molecule has 134 valence electrons. The molecule has 0 radical (unpaired) electrons. The Morgan fingerprint density at radius 3 is 2.12 bits per heavy atom. The first kappa shape index (κ1) is 18.8. The van der Waals surface area contributed by atoms with Gasteiger partial charge in [0.15, 0.2) is 0 Å². The van der Waals surface area contributed by atoms with Crippen LogP contribution in [0.2, 0.25) is 0 Å². The molecule has 2 rings (SSSR count). The van der Waals surface area contributed by atoms with Crippen molar-refractivity contribution in [2.24, 2.45) is 0 Å². The lowest BCUT2D eigenvalue weighted by molar-refractivity contribution is 0.102. The number of anilines is 1. The highest BCUT2D eigenvalue weighted by molar-refractivity contribution is 6.05. The SMILES string of the molecule is CCOc1cc(C(C)(C)C)c(OCC)cc1NC(=O)c1ccccc1. The van der Waals surface area contributed by atoms with Gasteiger partial charge in [-0.2, -0.15) is 0 Å². The lowest BCUT2D eigenvalue weighted by Gasteiger charge is -2.25. The third kappa shape index (κ3) is 4.75. The molecule has 0 aliphatic heterocycles. The van der Waals surface area contributed by atoms with Crippen LogP contribution in [0, 0.1) is 0 Å². The van der Waals surface area contributed by atoms with Crippen LogP contribution in [0.1, 0.15) is 50.5 Å². The fourth-order valence-corrected chi connectivity index (χ4v) is 2.58. The number of amides is 1. The Hall–Kier alpha value is -2.49. The van der Waals surface area contributed by atoms with Crippen molar-refractivity contribution in [1.82, 2.24) is 0 Å². The summed E-state index contributed by atoms with van der Waals surface area (Å²) in [5.74, 6) is 1.24.